The zero-order chi connectivity index (χ0) is 11.4. The maximum atomic E-state index is 8.87. The Morgan fingerprint density at radius 1 is 1.12 bits per heavy atom. The fourth-order valence-corrected chi connectivity index (χ4v) is 1.58. The molecule has 2 rings (SSSR count). The second-order valence-corrected chi connectivity index (χ2v) is 3.78. The summed E-state index contributed by atoms with van der Waals surface area (Å²) in [6.07, 6.45) is 1.67. The summed E-state index contributed by atoms with van der Waals surface area (Å²) >= 11 is 0. The second-order valence-electron chi connectivity index (χ2n) is 3.78. The fourth-order valence-electron chi connectivity index (χ4n) is 1.58. The van der Waals surface area contributed by atoms with Crippen molar-refractivity contribution in [2.75, 3.05) is 7.05 Å². The smallest absolute Gasteiger partial charge is 0.129 e. The average Bonchev–Trinajstić information content (AvgIpc) is 2.89. The SMILES string of the molecule is CN(Cc1ccco1)Cc1ccc(CO)o1. The van der Waals surface area contributed by atoms with Gasteiger partial charge in [-0.15, -0.1) is 0 Å². The maximum Gasteiger partial charge on any atom is 0.129 e. The summed E-state index contributed by atoms with van der Waals surface area (Å²) in [5.41, 5.74) is 0. The highest BCUT2D eigenvalue weighted by Crippen LogP contribution is 2.12. The van der Waals surface area contributed by atoms with Crippen LogP contribution in [-0.2, 0) is 19.7 Å². The van der Waals surface area contributed by atoms with E-state index >= 15 is 0 Å². The number of aliphatic hydroxyl groups is 1. The molecule has 0 radical (unpaired) electrons. The Morgan fingerprint density at radius 3 is 2.50 bits per heavy atom. The lowest BCUT2D eigenvalue weighted by Gasteiger charge is -2.12. The third-order valence-corrected chi connectivity index (χ3v) is 2.30. The number of rotatable bonds is 5. The van der Waals surface area contributed by atoms with Gasteiger partial charge >= 0.3 is 0 Å². The van der Waals surface area contributed by atoms with Crippen LogP contribution in [0.25, 0.3) is 0 Å². The number of aliphatic hydroxyl groups excluding tert-OH is 1. The molecule has 1 N–H and O–H groups in total. The Hall–Kier alpha value is -1.52. The minimum Gasteiger partial charge on any atom is -0.468 e. The summed E-state index contributed by atoms with van der Waals surface area (Å²) in [4.78, 5) is 2.08. The lowest BCUT2D eigenvalue weighted by Crippen LogP contribution is -2.16. The van der Waals surface area contributed by atoms with Crippen molar-refractivity contribution in [1.29, 1.82) is 0 Å². The Kier molecular flexibility index (Phi) is 3.44. The van der Waals surface area contributed by atoms with Gasteiger partial charge in [0.2, 0.25) is 0 Å². The van der Waals surface area contributed by atoms with Crippen molar-refractivity contribution in [2.45, 2.75) is 19.7 Å². The van der Waals surface area contributed by atoms with Crippen molar-refractivity contribution >= 4 is 0 Å². The van der Waals surface area contributed by atoms with Gasteiger partial charge in [-0.2, -0.15) is 0 Å². The standard InChI is InChI=1S/C12H15NO3/c1-13(7-10-3-2-6-15-10)8-11-4-5-12(9-14)16-11/h2-6,14H,7-9H2,1H3. The van der Waals surface area contributed by atoms with Crippen molar-refractivity contribution in [2.24, 2.45) is 0 Å². The van der Waals surface area contributed by atoms with E-state index in [1.165, 1.54) is 0 Å². The summed E-state index contributed by atoms with van der Waals surface area (Å²) in [6, 6.07) is 7.48. The molecule has 0 saturated heterocycles. The second kappa shape index (κ2) is 5.01. The first-order valence-corrected chi connectivity index (χ1v) is 5.17. The van der Waals surface area contributed by atoms with Crippen molar-refractivity contribution < 1.29 is 13.9 Å². The van der Waals surface area contributed by atoms with E-state index in [0.29, 0.717) is 12.3 Å². The van der Waals surface area contributed by atoms with Gasteiger partial charge < -0.3 is 13.9 Å². The fraction of sp³-hybridized carbons (Fsp3) is 0.333. The van der Waals surface area contributed by atoms with Crippen molar-refractivity contribution in [1.82, 2.24) is 4.90 Å². The first-order valence-electron chi connectivity index (χ1n) is 5.17. The molecule has 0 fully saturated rings. The molecule has 0 atom stereocenters. The molecule has 0 aromatic carbocycles. The molecule has 0 spiro atoms. The molecule has 2 heterocycles. The molecule has 4 heteroatoms. The number of furan rings is 2. The van der Waals surface area contributed by atoms with Gasteiger partial charge in [0, 0.05) is 0 Å². The van der Waals surface area contributed by atoms with Crippen LogP contribution in [0, 0.1) is 0 Å². The van der Waals surface area contributed by atoms with Crippen molar-refractivity contribution in [3.63, 3.8) is 0 Å². The molecule has 86 valence electrons. The van der Waals surface area contributed by atoms with Crippen LogP contribution < -0.4 is 0 Å². The Balaban J connectivity index is 1.89. The normalized spacial score (nSPS) is 11.2. The largest absolute Gasteiger partial charge is 0.468 e. The molecule has 0 bridgehead atoms. The van der Waals surface area contributed by atoms with Crippen molar-refractivity contribution in [3.05, 3.63) is 47.8 Å². The third kappa shape index (κ3) is 2.74. The summed E-state index contributed by atoms with van der Waals surface area (Å²) in [7, 11) is 1.99. The summed E-state index contributed by atoms with van der Waals surface area (Å²) < 4.78 is 10.7. The Labute approximate surface area is 94.1 Å². The number of hydrogen-bond donors (Lipinski definition) is 1. The van der Waals surface area contributed by atoms with Crippen molar-refractivity contribution in [3.8, 4) is 0 Å². The van der Waals surface area contributed by atoms with Crippen LogP contribution in [0.1, 0.15) is 17.3 Å². The first kappa shape index (κ1) is 11.0. The van der Waals surface area contributed by atoms with Gasteiger partial charge in [0.05, 0.1) is 19.4 Å². The molecule has 2 aromatic heterocycles. The van der Waals surface area contributed by atoms with Crippen LogP contribution in [0.4, 0.5) is 0 Å². The van der Waals surface area contributed by atoms with E-state index in [-0.39, 0.29) is 6.61 Å². The average molecular weight is 221 g/mol. The van der Waals surface area contributed by atoms with Crippen LogP contribution in [0.5, 0.6) is 0 Å². The van der Waals surface area contributed by atoms with Gasteiger partial charge in [-0.1, -0.05) is 0 Å². The van der Waals surface area contributed by atoms with E-state index < -0.39 is 0 Å². The maximum absolute atomic E-state index is 8.87. The molecule has 0 aliphatic rings. The van der Waals surface area contributed by atoms with Gasteiger partial charge in [-0.25, -0.2) is 0 Å². The lowest BCUT2D eigenvalue weighted by molar-refractivity contribution is 0.226. The van der Waals surface area contributed by atoms with Crippen LogP contribution in [-0.4, -0.2) is 17.1 Å². The van der Waals surface area contributed by atoms with Gasteiger partial charge in [-0.05, 0) is 31.3 Å². The molecule has 16 heavy (non-hydrogen) atoms. The first-order chi connectivity index (χ1) is 7.78. The van der Waals surface area contributed by atoms with E-state index in [4.69, 9.17) is 13.9 Å². The summed E-state index contributed by atoms with van der Waals surface area (Å²) in [5.74, 6) is 2.37. The third-order valence-electron chi connectivity index (χ3n) is 2.30. The van der Waals surface area contributed by atoms with Gasteiger partial charge in [-0.3, -0.25) is 4.90 Å². The van der Waals surface area contributed by atoms with E-state index in [0.717, 1.165) is 18.1 Å². The minimum atomic E-state index is -0.0537. The van der Waals surface area contributed by atoms with Gasteiger partial charge in [0.25, 0.3) is 0 Å². The highest BCUT2D eigenvalue weighted by Gasteiger charge is 2.06. The van der Waals surface area contributed by atoms with E-state index in [2.05, 4.69) is 4.90 Å². The van der Waals surface area contributed by atoms with Crippen LogP contribution in [0.15, 0.2) is 39.4 Å². The van der Waals surface area contributed by atoms with Gasteiger partial charge in [0.1, 0.15) is 23.9 Å². The highest BCUT2D eigenvalue weighted by molar-refractivity contribution is 5.06. The highest BCUT2D eigenvalue weighted by atomic mass is 16.4. The quantitative estimate of drug-likeness (QED) is 0.839. The molecule has 0 aliphatic carbocycles. The number of nitrogens with zero attached hydrogens (tertiary/aromatic N) is 1. The zero-order valence-corrected chi connectivity index (χ0v) is 9.22. The Morgan fingerprint density at radius 2 is 1.88 bits per heavy atom. The molecule has 4 nitrogen and oxygen atoms in total. The van der Waals surface area contributed by atoms with E-state index in [1.807, 2.05) is 25.2 Å². The van der Waals surface area contributed by atoms with Gasteiger partial charge in [0.15, 0.2) is 0 Å². The van der Waals surface area contributed by atoms with E-state index in [1.54, 1.807) is 12.3 Å². The topological polar surface area (TPSA) is 49.8 Å². The van der Waals surface area contributed by atoms with Crippen LogP contribution in [0.2, 0.25) is 0 Å². The minimum absolute atomic E-state index is 0.0537. The lowest BCUT2D eigenvalue weighted by atomic mass is 10.3. The monoisotopic (exact) mass is 221 g/mol. The van der Waals surface area contributed by atoms with E-state index in [9.17, 15) is 0 Å². The molecule has 0 aliphatic heterocycles. The van der Waals surface area contributed by atoms with Crippen LogP contribution >= 0.6 is 0 Å². The predicted octanol–water partition coefficient (Wildman–Crippen LogP) is 2.00. The molecule has 0 saturated carbocycles. The summed E-state index contributed by atoms with van der Waals surface area (Å²) in [5, 5.41) is 8.87. The molecule has 2 aromatic rings. The number of hydrogen-bond acceptors (Lipinski definition) is 4. The molecular weight excluding hydrogens is 206 g/mol. The Bertz CT molecular complexity index is 419. The molecule has 0 unspecified atom stereocenters. The molecular formula is C12H15NO3. The zero-order valence-electron chi connectivity index (χ0n) is 9.22. The predicted molar refractivity (Wildman–Crippen MR) is 58.5 cm³/mol. The molecule has 0 amide bonds. The van der Waals surface area contributed by atoms with Crippen LogP contribution in [0.3, 0.4) is 0 Å². The summed E-state index contributed by atoms with van der Waals surface area (Å²) in [6.45, 7) is 1.38.